The minimum atomic E-state index is -0.774. The molecule has 21 heavy (non-hydrogen) atoms. The average molecular weight is 295 g/mol. The van der Waals surface area contributed by atoms with Gasteiger partial charge in [0.1, 0.15) is 5.82 Å². The first-order chi connectivity index (χ1) is 10.1. The largest absolute Gasteiger partial charge is 0.467 e. The quantitative estimate of drug-likeness (QED) is 0.343. The molecule has 0 radical (unpaired) electrons. The molecule has 0 unspecified atom stereocenters. The standard InChI is InChI=1S/C13H17N3O5/c1-4-20-11(17)9(12(18)21-5-2)8-15-10-6-7-14-13(16-10)19-3/h6-8H,4-5H2,1-3H3,(H,14,15,16). The SMILES string of the molecule is CCOC(=O)C(=CNc1ccnc(OC)n1)C(=O)OCC. The highest BCUT2D eigenvalue weighted by Crippen LogP contribution is 2.09. The van der Waals surface area contributed by atoms with Crippen molar-refractivity contribution < 1.29 is 23.8 Å². The van der Waals surface area contributed by atoms with Crippen LogP contribution in [0.1, 0.15) is 13.8 Å². The number of methoxy groups -OCH3 is 1. The molecule has 0 amide bonds. The van der Waals surface area contributed by atoms with Gasteiger partial charge in [-0.05, 0) is 19.9 Å². The number of esters is 2. The molecule has 0 atom stereocenters. The molecule has 8 heteroatoms. The lowest BCUT2D eigenvalue weighted by Gasteiger charge is -2.07. The third-order valence-electron chi connectivity index (χ3n) is 2.17. The van der Waals surface area contributed by atoms with Crippen molar-refractivity contribution in [2.75, 3.05) is 25.6 Å². The van der Waals surface area contributed by atoms with Crippen LogP contribution in [0.15, 0.2) is 24.0 Å². The fourth-order valence-electron chi connectivity index (χ4n) is 1.28. The Kier molecular flexibility index (Phi) is 6.66. The summed E-state index contributed by atoms with van der Waals surface area (Å²) in [6.07, 6.45) is 2.65. The number of anilines is 1. The zero-order valence-electron chi connectivity index (χ0n) is 12.1. The predicted octanol–water partition coefficient (Wildman–Crippen LogP) is 0.907. The number of carbonyl (C=O) groups excluding carboxylic acids is 2. The maximum atomic E-state index is 11.7. The zero-order valence-corrected chi connectivity index (χ0v) is 12.1. The second-order valence-corrected chi connectivity index (χ2v) is 3.57. The van der Waals surface area contributed by atoms with Gasteiger partial charge in [0.25, 0.3) is 0 Å². The van der Waals surface area contributed by atoms with E-state index in [4.69, 9.17) is 14.2 Å². The Labute approximate surface area is 122 Å². The second-order valence-electron chi connectivity index (χ2n) is 3.57. The molecule has 0 spiro atoms. The summed E-state index contributed by atoms with van der Waals surface area (Å²) in [5, 5.41) is 2.70. The zero-order chi connectivity index (χ0) is 15.7. The van der Waals surface area contributed by atoms with Gasteiger partial charge in [-0.1, -0.05) is 0 Å². The smallest absolute Gasteiger partial charge is 0.347 e. The summed E-state index contributed by atoms with van der Waals surface area (Å²) in [5.41, 5.74) is -0.253. The third-order valence-corrected chi connectivity index (χ3v) is 2.17. The Balaban J connectivity index is 2.90. The average Bonchev–Trinajstić information content (AvgIpc) is 2.48. The van der Waals surface area contributed by atoms with E-state index in [2.05, 4.69) is 15.3 Å². The van der Waals surface area contributed by atoms with Crippen LogP contribution in [0.3, 0.4) is 0 Å². The molecule has 1 N–H and O–H groups in total. The summed E-state index contributed by atoms with van der Waals surface area (Å²) >= 11 is 0. The lowest BCUT2D eigenvalue weighted by atomic mass is 10.3. The molecule has 0 aliphatic rings. The number of hydrogen-bond donors (Lipinski definition) is 1. The fraction of sp³-hybridized carbons (Fsp3) is 0.385. The lowest BCUT2D eigenvalue weighted by Crippen LogP contribution is -2.19. The predicted molar refractivity (Wildman–Crippen MR) is 73.6 cm³/mol. The molecule has 1 heterocycles. The first kappa shape index (κ1) is 16.4. The van der Waals surface area contributed by atoms with Crippen molar-refractivity contribution in [2.45, 2.75) is 13.8 Å². The molecule has 1 aromatic heterocycles. The molecule has 0 fully saturated rings. The van der Waals surface area contributed by atoms with Crippen LogP contribution < -0.4 is 10.1 Å². The van der Waals surface area contributed by atoms with E-state index in [9.17, 15) is 9.59 Å². The van der Waals surface area contributed by atoms with Crippen molar-refractivity contribution in [1.29, 1.82) is 0 Å². The Morgan fingerprint density at radius 2 is 1.86 bits per heavy atom. The van der Waals surface area contributed by atoms with Gasteiger partial charge in [0.05, 0.1) is 20.3 Å². The highest BCUT2D eigenvalue weighted by Gasteiger charge is 2.20. The van der Waals surface area contributed by atoms with Crippen LogP contribution >= 0.6 is 0 Å². The monoisotopic (exact) mass is 295 g/mol. The van der Waals surface area contributed by atoms with Crippen LogP contribution in [0.25, 0.3) is 0 Å². The summed E-state index contributed by atoms with van der Waals surface area (Å²) in [6.45, 7) is 3.58. The van der Waals surface area contributed by atoms with Crippen molar-refractivity contribution in [1.82, 2.24) is 9.97 Å². The summed E-state index contributed by atoms with van der Waals surface area (Å²) in [5.74, 6) is -1.19. The first-order valence-corrected chi connectivity index (χ1v) is 6.30. The van der Waals surface area contributed by atoms with E-state index < -0.39 is 11.9 Å². The minimum absolute atomic E-state index is 0.150. The van der Waals surface area contributed by atoms with E-state index in [0.29, 0.717) is 5.82 Å². The van der Waals surface area contributed by atoms with Crippen molar-refractivity contribution in [3.05, 3.63) is 24.0 Å². The number of rotatable bonds is 7. The van der Waals surface area contributed by atoms with E-state index in [0.717, 1.165) is 0 Å². The maximum absolute atomic E-state index is 11.7. The van der Waals surface area contributed by atoms with Gasteiger partial charge in [-0.25, -0.2) is 14.6 Å². The van der Waals surface area contributed by atoms with E-state index in [1.54, 1.807) is 19.9 Å². The van der Waals surface area contributed by atoms with Crippen molar-refractivity contribution >= 4 is 17.8 Å². The molecule has 1 rings (SSSR count). The van der Waals surface area contributed by atoms with Crippen LogP contribution in [0.5, 0.6) is 6.01 Å². The van der Waals surface area contributed by atoms with Gasteiger partial charge in [0, 0.05) is 12.4 Å². The third kappa shape index (κ3) is 5.09. The summed E-state index contributed by atoms with van der Waals surface area (Å²) in [7, 11) is 1.43. The summed E-state index contributed by atoms with van der Waals surface area (Å²) < 4.78 is 14.5. The van der Waals surface area contributed by atoms with Gasteiger partial charge < -0.3 is 19.5 Å². The van der Waals surface area contributed by atoms with E-state index in [1.807, 2.05) is 0 Å². The molecule has 8 nitrogen and oxygen atoms in total. The van der Waals surface area contributed by atoms with Gasteiger partial charge >= 0.3 is 17.9 Å². The first-order valence-electron chi connectivity index (χ1n) is 6.30. The second kappa shape index (κ2) is 8.51. The molecule has 0 bridgehead atoms. The number of carbonyl (C=O) groups is 2. The summed E-state index contributed by atoms with van der Waals surface area (Å²) in [6, 6.07) is 1.70. The van der Waals surface area contributed by atoms with Crippen LogP contribution in [0.4, 0.5) is 5.82 Å². The Hall–Kier alpha value is -2.64. The van der Waals surface area contributed by atoms with Crippen molar-refractivity contribution in [2.24, 2.45) is 0 Å². The molecule has 0 saturated carbocycles. The number of aromatic nitrogens is 2. The van der Waals surface area contributed by atoms with Crippen LogP contribution in [-0.2, 0) is 19.1 Å². The maximum Gasteiger partial charge on any atom is 0.347 e. The molecule has 0 aliphatic heterocycles. The number of ether oxygens (including phenoxy) is 3. The Bertz CT molecular complexity index is 510. The number of nitrogens with one attached hydrogen (secondary N) is 1. The van der Waals surface area contributed by atoms with Crippen molar-refractivity contribution in [3.63, 3.8) is 0 Å². The number of hydrogen-bond acceptors (Lipinski definition) is 8. The van der Waals surface area contributed by atoms with Crippen LogP contribution in [0, 0.1) is 0 Å². The van der Waals surface area contributed by atoms with E-state index in [-0.39, 0.29) is 24.8 Å². The Morgan fingerprint density at radius 1 is 1.24 bits per heavy atom. The molecule has 0 saturated heterocycles. The highest BCUT2D eigenvalue weighted by atomic mass is 16.6. The topological polar surface area (TPSA) is 99.6 Å². The summed E-state index contributed by atoms with van der Waals surface area (Å²) in [4.78, 5) is 31.2. The van der Waals surface area contributed by atoms with Crippen LogP contribution in [0.2, 0.25) is 0 Å². The fourth-order valence-corrected chi connectivity index (χ4v) is 1.28. The normalized spacial score (nSPS) is 9.48. The van der Waals surface area contributed by atoms with Gasteiger partial charge in [0.2, 0.25) is 0 Å². The van der Waals surface area contributed by atoms with Gasteiger partial charge in [-0.3, -0.25) is 0 Å². The molecule has 0 aliphatic carbocycles. The minimum Gasteiger partial charge on any atom is -0.467 e. The molecular weight excluding hydrogens is 278 g/mol. The van der Waals surface area contributed by atoms with Gasteiger partial charge in [0.15, 0.2) is 5.57 Å². The highest BCUT2D eigenvalue weighted by molar-refractivity contribution is 6.14. The molecule has 1 aromatic rings. The van der Waals surface area contributed by atoms with E-state index >= 15 is 0 Å². The van der Waals surface area contributed by atoms with Crippen molar-refractivity contribution in [3.8, 4) is 6.01 Å². The van der Waals surface area contributed by atoms with Crippen LogP contribution in [-0.4, -0.2) is 42.2 Å². The molecule has 114 valence electrons. The van der Waals surface area contributed by atoms with E-state index in [1.165, 1.54) is 19.5 Å². The van der Waals surface area contributed by atoms with Gasteiger partial charge in [-0.2, -0.15) is 4.98 Å². The lowest BCUT2D eigenvalue weighted by molar-refractivity contribution is -0.146. The Morgan fingerprint density at radius 3 is 2.38 bits per heavy atom. The molecular formula is C13H17N3O5. The molecule has 0 aromatic carbocycles. The van der Waals surface area contributed by atoms with Gasteiger partial charge in [-0.15, -0.1) is 0 Å². The number of nitrogens with zero attached hydrogens (tertiary/aromatic N) is 2.